The number of carbonyl (C=O) groups excluding carboxylic acids is 1. The first kappa shape index (κ1) is 19.6. The van der Waals surface area contributed by atoms with Gasteiger partial charge in [0, 0.05) is 6.61 Å². The molecule has 1 aliphatic carbocycles. The standard InChI is InChI=1S/C16H24N2O7/c19-7-6-9(8-4-2-1-3-5-8)17-16(25)18-10-11(20)13(22)15(24)14(23)12(10)21/h1-5,9-15,19-24H,6-7H2,(H2,17,18,25)/t9?,10?,11-,12+,13+,14-,15?. The third-order valence-electron chi connectivity index (χ3n) is 4.36. The van der Waals surface area contributed by atoms with Crippen molar-refractivity contribution in [3.63, 3.8) is 0 Å². The summed E-state index contributed by atoms with van der Waals surface area (Å²) in [6.45, 7) is -0.169. The average Bonchev–Trinajstić information content (AvgIpc) is 2.62. The topological polar surface area (TPSA) is 163 Å². The van der Waals surface area contributed by atoms with Crippen molar-refractivity contribution >= 4 is 6.03 Å². The number of urea groups is 1. The Morgan fingerprint density at radius 2 is 1.44 bits per heavy atom. The quantitative estimate of drug-likeness (QED) is 0.291. The molecular formula is C16H24N2O7. The molecule has 0 radical (unpaired) electrons. The minimum absolute atomic E-state index is 0.169. The predicted molar refractivity (Wildman–Crippen MR) is 86.4 cm³/mol. The van der Waals surface area contributed by atoms with Crippen molar-refractivity contribution in [3.05, 3.63) is 35.9 Å². The number of carbonyl (C=O) groups is 1. The molecule has 25 heavy (non-hydrogen) atoms. The number of hydrogen-bond acceptors (Lipinski definition) is 7. The zero-order valence-electron chi connectivity index (χ0n) is 13.4. The normalized spacial score (nSPS) is 33.5. The molecule has 9 nitrogen and oxygen atoms in total. The Bertz CT molecular complexity index is 543. The van der Waals surface area contributed by atoms with E-state index in [0.29, 0.717) is 0 Å². The third kappa shape index (κ3) is 4.46. The molecule has 0 aliphatic heterocycles. The predicted octanol–water partition coefficient (Wildman–Crippen LogP) is -2.40. The monoisotopic (exact) mass is 356 g/mol. The fourth-order valence-electron chi connectivity index (χ4n) is 2.89. The zero-order chi connectivity index (χ0) is 18.6. The van der Waals surface area contributed by atoms with Crippen molar-refractivity contribution in [2.24, 2.45) is 0 Å². The number of aliphatic hydroxyl groups excluding tert-OH is 6. The van der Waals surface area contributed by atoms with E-state index in [0.717, 1.165) is 5.56 Å². The van der Waals surface area contributed by atoms with Gasteiger partial charge >= 0.3 is 6.03 Å². The van der Waals surface area contributed by atoms with Crippen LogP contribution in [-0.4, -0.2) is 79.8 Å². The fraction of sp³-hybridized carbons (Fsp3) is 0.562. The fourth-order valence-corrected chi connectivity index (χ4v) is 2.89. The molecule has 140 valence electrons. The Labute approximate surface area is 144 Å². The van der Waals surface area contributed by atoms with Gasteiger partial charge in [0.05, 0.1) is 12.1 Å². The number of hydrogen-bond donors (Lipinski definition) is 8. The summed E-state index contributed by atoms with van der Waals surface area (Å²) in [5.41, 5.74) is 0.756. The molecular weight excluding hydrogens is 332 g/mol. The van der Waals surface area contributed by atoms with Crippen molar-refractivity contribution in [3.8, 4) is 0 Å². The van der Waals surface area contributed by atoms with E-state index in [9.17, 15) is 30.3 Å². The molecule has 2 amide bonds. The van der Waals surface area contributed by atoms with Crippen molar-refractivity contribution in [2.75, 3.05) is 6.61 Å². The number of rotatable bonds is 5. The molecule has 8 N–H and O–H groups in total. The summed E-state index contributed by atoms with van der Waals surface area (Å²) in [6, 6.07) is 6.26. The van der Waals surface area contributed by atoms with Crippen LogP contribution in [0, 0.1) is 0 Å². The zero-order valence-corrected chi connectivity index (χ0v) is 13.4. The second-order valence-electron chi connectivity index (χ2n) is 6.07. The van der Waals surface area contributed by atoms with Crippen LogP contribution in [-0.2, 0) is 0 Å². The Balaban J connectivity index is 2.04. The van der Waals surface area contributed by atoms with Gasteiger partial charge in [0.1, 0.15) is 30.5 Å². The van der Waals surface area contributed by atoms with Crippen LogP contribution in [0.2, 0.25) is 0 Å². The van der Waals surface area contributed by atoms with Crippen molar-refractivity contribution < 1.29 is 35.4 Å². The number of amides is 2. The minimum atomic E-state index is -1.72. The maximum absolute atomic E-state index is 12.2. The van der Waals surface area contributed by atoms with Crippen LogP contribution >= 0.6 is 0 Å². The molecule has 1 saturated carbocycles. The highest BCUT2D eigenvalue weighted by molar-refractivity contribution is 5.75. The van der Waals surface area contributed by atoms with Crippen LogP contribution in [0.5, 0.6) is 0 Å². The number of aliphatic hydroxyl groups is 6. The first-order valence-electron chi connectivity index (χ1n) is 8.00. The third-order valence-corrected chi connectivity index (χ3v) is 4.36. The van der Waals surface area contributed by atoms with Crippen molar-refractivity contribution in [1.29, 1.82) is 0 Å². The molecule has 0 aromatic heterocycles. The molecule has 1 aliphatic rings. The van der Waals surface area contributed by atoms with Gasteiger partial charge in [-0.05, 0) is 12.0 Å². The van der Waals surface area contributed by atoms with E-state index in [1.807, 2.05) is 6.07 Å². The minimum Gasteiger partial charge on any atom is -0.396 e. The Morgan fingerprint density at radius 3 is 1.96 bits per heavy atom. The van der Waals surface area contributed by atoms with Crippen molar-refractivity contribution in [2.45, 2.75) is 49.0 Å². The maximum Gasteiger partial charge on any atom is 0.315 e. The lowest BCUT2D eigenvalue weighted by atomic mass is 9.83. The lowest BCUT2D eigenvalue weighted by molar-refractivity contribution is -0.188. The van der Waals surface area contributed by atoms with Gasteiger partial charge < -0.3 is 41.3 Å². The Morgan fingerprint density at radius 1 is 0.920 bits per heavy atom. The number of nitrogens with one attached hydrogen (secondary N) is 2. The molecule has 1 aromatic rings. The van der Waals surface area contributed by atoms with E-state index in [-0.39, 0.29) is 13.0 Å². The SMILES string of the molecule is O=C(NC(CCO)c1ccccc1)NC1[C@@H](O)[C@H](O)C(O)[C@H](O)[C@H]1O. The summed E-state index contributed by atoms with van der Waals surface area (Å²) < 4.78 is 0. The Hall–Kier alpha value is -1.75. The van der Waals surface area contributed by atoms with Gasteiger partial charge in [-0.15, -0.1) is 0 Å². The Kier molecular flexibility index (Phi) is 6.71. The largest absolute Gasteiger partial charge is 0.396 e. The molecule has 0 saturated heterocycles. The van der Waals surface area contributed by atoms with Gasteiger partial charge in [-0.3, -0.25) is 0 Å². The summed E-state index contributed by atoms with van der Waals surface area (Å²) in [5, 5.41) is 62.8. The van der Waals surface area contributed by atoms with Gasteiger partial charge in [-0.25, -0.2) is 4.79 Å². The lowest BCUT2D eigenvalue weighted by Gasteiger charge is -2.42. The van der Waals surface area contributed by atoms with Crippen molar-refractivity contribution in [1.82, 2.24) is 10.6 Å². The van der Waals surface area contributed by atoms with E-state index in [1.54, 1.807) is 24.3 Å². The molecule has 0 spiro atoms. The highest BCUT2D eigenvalue weighted by atomic mass is 16.4. The summed E-state index contributed by atoms with van der Waals surface area (Å²) in [5.74, 6) is 0. The molecule has 9 heteroatoms. The van der Waals surface area contributed by atoms with Crippen LogP contribution in [0.15, 0.2) is 30.3 Å². The van der Waals surface area contributed by atoms with E-state index in [1.165, 1.54) is 0 Å². The molecule has 0 bridgehead atoms. The van der Waals surface area contributed by atoms with Crippen LogP contribution in [0.4, 0.5) is 4.79 Å². The molecule has 0 heterocycles. The molecule has 3 unspecified atom stereocenters. The molecule has 2 rings (SSSR count). The summed E-state index contributed by atoms with van der Waals surface area (Å²) in [7, 11) is 0. The first-order chi connectivity index (χ1) is 11.9. The van der Waals surface area contributed by atoms with Crippen LogP contribution in [0.25, 0.3) is 0 Å². The summed E-state index contributed by atoms with van der Waals surface area (Å²) in [6.07, 6.45) is -8.23. The van der Waals surface area contributed by atoms with Gasteiger partial charge in [-0.1, -0.05) is 30.3 Å². The van der Waals surface area contributed by atoms with Gasteiger partial charge in [0.2, 0.25) is 0 Å². The van der Waals surface area contributed by atoms with E-state index in [2.05, 4.69) is 10.6 Å². The van der Waals surface area contributed by atoms with E-state index < -0.39 is 48.6 Å². The first-order valence-corrected chi connectivity index (χ1v) is 8.00. The van der Waals surface area contributed by atoms with E-state index in [4.69, 9.17) is 5.11 Å². The smallest absolute Gasteiger partial charge is 0.315 e. The molecule has 1 aromatic carbocycles. The molecule has 1 fully saturated rings. The average molecular weight is 356 g/mol. The second kappa shape index (κ2) is 8.56. The highest BCUT2D eigenvalue weighted by Gasteiger charge is 2.48. The lowest BCUT2D eigenvalue weighted by Crippen LogP contribution is -2.69. The van der Waals surface area contributed by atoms with Gasteiger partial charge in [0.15, 0.2) is 0 Å². The maximum atomic E-state index is 12.2. The number of benzene rings is 1. The van der Waals surface area contributed by atoms with Crippen LogP contribution in [0.1, 0.15) is 18.0 Å². The van der Waals surface area contributed by atoms with Crippen LogP contribution < -0.4 is 10.6 Å². The summed E-state index contributed by atoms with van der Waals surface area (Å²) in [4.78, 5) is 12.2. The summed E-state index contributed by atoms with van der Waals surface area (Å²) >= 11 is 0. The van der Waals surface area contributed by atoms with Gasteiger partial charge in [-0.2, -0.15) is 0 Å². The van der Waals surface area contributed by atoms with Crippen LogP contribution in [0.3, 0.4) is 0 Å². The molecule has 7 atom stereocenters. The van der Waals surface area contributed by atoms with Gasteiger partial charge in [0.25, 0.3) is 0 Å². The second-order valence-corrected chi connectivity index (χ2v) is 6.07. The highest BCUT2D eigenvalue weighted by Crippen LogP contribution is 2.22. The van der Waals surface area contributed by atoms with E-state index >= 15 is 0 Å².